The third-order valence-electron chi connectivity index (χ3n) is 1.93. The van der Waals surface area contributed by atoms with Crippen molar-refractivity contribution < 1.29 is 4.79 Å². The molecule has 1 aliphatic carbocycles. The third-order valence-corrected chi connectivity index (χ3v) is 1.93. The number of hydrogen-bond acceptors (Lipinski definition) is 3. The van der Waals surface area contributed by atoms with Crippen LogP contribution in [0.15, 0.2) is 28.8 Å². The predicted octanol–water partition coefficient (Wildman–Crippen LogP) is 0.732. The molecule has 0 fully saturated rings. The van der Waals surface area contributed by atoms with Gasteiger partial charge in [0, 0.05) is 7.05 Å². The number of carbonyl (C=O) groups is 1. The SMILES string of the molecule is CN=C1C=CC(CCNC)=CC1=O. The average molecular weight is 178 g/mol. The van der Waals surface area contributed by atoms with Crippen molar-refractivity contribution in [2.24, 2.45) is 4.99 Å². The Morgan fingerprint density at radius 2 is 2.23 bits per heavy atom. The Balaban J connectivity index is 2.63. The van der Waals surface area contributed by atoms with Crippen LogP contribution < -0.4 is 5.32 Å². The van der Waals surface area contributed by atoms with Crippen LogP contribution >= 0.6 is 0 Å². The molecule has 0 saturated carbocycles. The monoisotopic (exact) mass is 178 g/mol. The first kappa shape index (κ1) is 9.86. The van der Waals surface area contributed by atoms with E-state index in [2.05, 4.69) is 10.3 Å². The molecular formula is C10H14N2O. The molecule has 0 aromatic carbocycles. The van der Waals surface area contributed by atoms with E-state index in [4.69, 9.17) is 0 Å². The summed E-state index contributed by atoms with van der Waals surface area (Å²) in [7, 11) is 3.53. The Morgan fingerprint density at radius 3 is 2.77 bits per heavy atom. The zero-order chi connectivity index (χ0) is 9.68. The summed E-state index contributed by atoms with van der Waals surface area (Å²) in [6.07, 6.45) is 6.25. The third kappa shape index (κ3) is 2.63. The maximum absolute atomic E-state index is 11.3. The van der Waals surface area contributed by atoms with Crippen LogP contribution in [0.5, 0.6) is 0 Å². The van der Waals surface area contributed by atoms with Gasteiger partial charge in [0.25, 0.3) is 0 Å². The fraction of sp³-hybridized carbons (Fsp3) is 0.400. The van der Waals surface area contributed by atoms with Crippen LogP contribution in [0.1, 0.15) is 6.42 Å². The zero-order valence-electron chi connectivity index (χ0n) is 8.00. The molecule has 0 saturated heterocycles. The standard InChI is InChI=1S/C10H14N2O/c1-11-6-5-8-3-4-9(12-2)10(13)7-8/h3-4,7,11H,5-6H2,1-2H3. The highest BCUT2D eigenvalue weighted by Gasteiger charge is 2.09. The highest BCUT2D eigenvalue weighted by Crippen LogP contribution is 2.08. The number of allylic oxidation sites excluding steroid dienone is 3. The maximum atomic E-state index is 11.3. The van der Waals surface area contributed by atoms with E-state index in [1.807, 2.05) is 13.1 Å². The largest absolute Gasteiger partial charge is 0.319 e. The lowest BCUT2D eigenvalue weighted by molar-refractivity contribution is -0.108. The van der Waals surface area contributed by atoms with Crippen molar-refractivity contribution in [2.75, 3.05) is 20.6 Å². The van der Waals surface area contributed by atoms with Crippen molar-refractivity contribution in [2.45, 2.75) is 6.42 Å². The van der Waals surface area contributed by atoms with Gasteiger partial charge in [-0.3, -0.25) is 9.79 Å². The van der Waals surface area contributed by atoms with E-state index in [0.29, 0.717) is 5.71 Å². The molecule has 3 heteroatoms. The zero-order valence-corrected chi connectivity index (χ0v) is 8.00. The number of nitrogens with one attached hydrogen (secondary N) is 1. The highest BCUT2D eigenvalue weighted by molar-refractivity contribution is 6.48. The van der Waals surface area contributed by atoms with Crippen LogP contribution in [0.2, 0.25) is 0 Å². The molecule has 13 heavy (non-hydrogen) atoms. The van der Waals surface area contributed by atoms with Crippen LogP contribution in [-0.2, 0) is 4.79 Å². The minimum Gasteiger partial charge on any atom is -0.319 e. The fourth-order valence-corrected chi connectivity index (χ4v) is 1.17. The minimum absolute atomic E-state index is 0.0103. The van der Waals surface area contributed by atoms with Crippen molar-refractivity contribution >= 4 is 11.5 Å². The van der Waals surface area contributed by atoms with Crippen LogP contribution in [-0.4, -0.2) is 32.1 Å². The Hall–Kier alpha value is -1.22. The van der Waals surface area contributed by atoms with Gasteiger partial charge in [0.1, 0.15) is 5.71 Å². The van der Waals surface area contributed by atoms with Gasteiger partial charge in [-0.25, -0.2) is 0 Å². The highest BCUT2D eigenvalue weighted by atomic mass is 16.1. The van der Waals surface area contributed by atoms with E-state index in [0.717, 1.165) is 18.5 Å². The smallest absolute Gasteiger partial charge is 0.203 e. The van der Waals surface area contributed by atoms with Crippen molar-refractivity contribution in [3.63, 3.8) is 0 Å². The molecule has 0 spiro atoms. The summed E-state index contributed by atoms with van der Waals surface area (Å²) in [4.78, 5) is 15.2. The number of aliphatic imine (C=N–C) groups is 1. The summed E-state index contributed by atoms with van der Waals surface area (Å²) in [5.41, 5.74) is 1.60. The van der Waals surface area contributed by atoms with E-state index in [1.54, 1.807) is 19.2 Å². The molecule has 0 bridgehead atoms. The molecule has 0 atom stereocenters. The van der Waals surface area contributed by atoms with Gasteiger partial charge < -0.3 is 5.32 Å². The maximum Gasteiger partial charge on any atom is 0.203 e. The van der Waals surface area contributed by atoms with Gasteiger partial charge in [-0.2, -0.15) is 0 Å². The summed E-state index contributed by atoms with van der Waals surface area (Å²) in [5, 5.41) is 3.04. The Morgan fingerprint density at radius 1 is 1.46 bits per heavy atom. The van der Waals surface area contributed by atoms with E-state index in [9.17, 15) is 4.79 Å². The lowest BCUT2D eigenvalue weighted by Gasteiger charge is -2.06. The van der Waals surface area contributed by atoms with Crippen molar-refractivity contribution in [3.05, 3.63) is 23.8 Å². The quantitative estimate of drug-likeness (QED) is 0.647. The molecule has 0 aliphatic heterocycles. The molecule has 0 unspecified atom stereocenters. The van der Waals surface area contributed by atoms with Crippen LogP contribution in [0.25, 0.3) is 0 Å². The van der Waals surface area contributed by atoms with Gasteiger partial charge in [-0.15, -0.1) is 0 Å². The second kappa shape index (κ2) is 4.72. The van der Waals surface area contributed by atoms with Crippen LogP contribution in [0.3, 0.4) is 0 Å². The van der Waals surface area contributed by atoms with Gasteiger partial charge in [0.15, 0.2) is 0 Å². The topological polar surface area (TPSA) is 41.5 Å². The van der Waals surface area contributed by atoms with Gasteiger partial charge in [-0.1, -0.05) is 6.08 Å². The van der Waals surface area contributed by atoms with Crippen molar-refractivity contribution in [3.8, 4) is 0 Å². The number of hydrogen-bond donors (Lipinski definition) is 1. The normalized spacial score (nSPS) is 19.4. The van der Waals surface area contributed by atoms with Crippen molar-refractivity contribution in [1.29, 1.82) is 0 Å². The minimum atomic E-state index is 0.0103. The lowest BCUT2D eigenvalue weighted by atomic mass is 10.0. The van der Waals surface area contributed by atoms with E-state index < -0.39 is 0 Å². The van der Waals surface area contributed by atoms with E-state index >= 15 is 0 Å². The summed E-state index contributed by atoms with van der Waals surface area (Å²) < 4.78 is 0. The fourth-order valence-electron chi connectivity index (χ4n) is 1.17. The molecule has 1 aliphatic rings. The van der Waals surface area contributed by atoms with Crippen LogP contribution in [0.4, 0.5) is 0 Å². The molecule has 3 nitrogen and oxygen atoms in total. The molecule has 0 radical (unpaired) electrons. The Labute approximate surface area is 78.2 Å². The summed E-state index contributed by atoms with van der Waals surface area (Å²) in [6.45, 7) is 0.891. The number of rotatable bonds is 3. The summed E-state index contributed by atoms with van der Waals surface area (Å²) in [6, 6.07) is 0. The molecule has 70 valence electrons. The molecular weight excluding hydrogens is 164 g/mol. The Bertz CT molecular complexity index is 287. The van der Waals surface area contributed by atoms with Gasteiger partial charge in [0.2, 0.25) is 5.78 Å². The molecule has 0 aromatic heterocycles. The summed E-state index contributed by atoms with van der Waals surface area (Å²) in [5.74, 6) is 0.0103. The van der Waals surface area contributed by atoms with E-state index in [1.165, 1.54) is 0 Å². The van der Waals surface area contributed by atoms with Gasteiger partial charge in [0.05, 0.1) is 0 Å². The second-order valence-electron chi connectivity index (χ2n) is 2.88. The number of ketones is 1. The molecule has 0 heterocycles. The predicted molar refractivity (Wildman–Crippen MR) is 54.1 cm³/mol. The Kier molecular flexibility index (Phi) is 3.58. The molecule has 0 aromatic rings. The molecule has 0 amide bonds. The first-order chi connectivity index (χ1) is 6.27. The van der Waals surface area contributed by atoms with E-state index in [-0.39, 0.29) is 5.78 Å². The van der Waals surface area contributed by atoms with Crippen molar-refractivity contribution in [1.82, 2.24) is 5.32 Å². The second-order valence-corrected chi connectivity index (χ2v) is 2.88. The molecule has 1 rings (SSSR count). The van der Waals surface area contributed by atoms with Gasteiger partial charge in [-0.05, 0) is 37.7 Å². The average Bonchev–Trinajstić information content (AvgIpc) is 2.15. The first-order valence-corrected chi connectivity index (χ1v) is 4.32. The first-order valence-electron chi connectivity index (χ1n) is 4.32. The van der Waals surface area contributed by atoms with Gasteiger partial charge >= 0.3 is 0 Å². The summed E-state index contributed by atoms with van der Waals surface area (Å²) >= 11 is 0. The lowest BCUT2D eigenvalue weighted by Crippen LogP contribution is -2.14. The number of carbonyl (C=O) groups excluding carboxylic acids is 1. The number of nitrogens with zero attached hydrogens (tertiary/aromatic N) is 1. The van der Waals surface area contributed by atoms with Crippen LogP contribution in [0, 0.1) is 0 Å². The molecule has 1 N–H and O–H groups in total.